The van der Waals surface area contributed by atoms with Crippen molar-refractivity contribution in [3.05, 3.63) is 40.4 Å². The summed E-state index contributed by atoms with van der Waals surface area (Å²) in [5, 5.41) is 0.696. The van der Waals surface area contributed by atoms with Crippen LogP contribution in [0.5, 0.6) is 0 Å². The van der Waals surface area contributed by atoms with E-state index in [-0.39, 0.29) is 0 Å². The van der Waals surface area contributed by atoms with Crippen LogP contribution in [0.2, 0.25) is 5.02 Å². The Hall–Kier alpha value is -1.08. The summed E-state index contributed by atoms with van der Waals surface area (Å²) >= 11 is 5.95. The maximum Gasteiger partial charge on any atom is 0.150 e. The third kappa shape index (κ3) is 2.29. The molecule has 0 heterocycles. The van der Waals surface area contributed by atoms with Gasteiger partial charge in [0.1, 0.15) is 0 Å². The Labute approximate surface area is 94.8 Å². The standard InChI is InChI=1S/C13H13ClO/c14-12-7-6-11(9-15)13(8-12)10-4-2-1-3-5-10/h4,6-9H,1-3,5H2. The molecule has 0 unspecified atom stereocenters. The Morgan fingerprint density at radius 2 is 2.13 bits per heavy atom. The lowest BCUT2D eigenvalue weighted by atomic mass is 9.91. The SMILES string of the molecule is O=Cc1ccc(Cl)cc1C1=CCCCC1. The smallest absolute Gasteiger partial charge is 0.150 e. The summed E-state index contributed by atoms with van der Waals surface area (Å²) in [4.78, 5) is 10.9. The Morgan fingerprint density at radius 3 is 2.80 bits per heavy atom. The molecule has 78 valence electrons. The van der Waals surface area contributed by atoms with Crippen LogP contribution in [0.15, 0.2) is 24.3 Å². The number of carbonyl (C=O) groups is 1. The van der Waals surface area contributed by atoms with E-state index in [2.05, 4.69) is 6.08 Å². The molecule has 0 amide bonds. The van der Waals surface area contributed by atoms with E-state index in [1.54, 1.807) is 12.1 Å². The molecule has 0 aromatic heterocycles. The van der Waals surface area contributed by atoms with Gasteiger partial charge in [-0.25, -0.2) is 0 Å². The zero-order valence-corrected chi connectivity index (χ0v) is 9.26. The highest BCUT2D eigenvalue weighted by atomic mass is 35.5. The monoisotopic (exact) mass is 220 g/mol. The van der Waals surface area contributed by atoms with Crippen molar-refractivity contribution in [3.63, 3.8) is 0 Å². The topological polar surface area (TPSA) is 17.1 Å². The molecule has 0 fully saturated rings. The molecule has 1 nitrogen and oxygen atoms in total. The Bertz CT molecular complexity index is 407. The molecule has 1 aliphatic carbocycles. The van der Waals surface area contributed by atoms with E-state index < -0.39 is 0 Å². The molecule has 0 radical (unpaired) electrons. The minimum absolute atomic E-state index is 0.696. The quantitative estimate of drug-likeness (QED) is 0.686. The summed E-state index contributed by atoms with van der Waals surface area (Å²) in [6.45, 7) is 0. The van der Waals surface area contributed by atoms with Crippen molar-refractivity contribution >= 4 is 23.5 Å². The van der Waals surface area contributed by atoms with Gasteiger partial charge in [0.05, 0.1) is 0 Å². The molecule has 0 aliphatic heterocycles. The molecular weight excluding hydrogens is 208 g/mol. The fraction of sp³-hybridized carbons (Fsp3) is 0.308. The number of halogens is 1. The van der Waals surface area contributed by atoms with Crippen LogP contribution in [0.4, 0.5) is 0 Å². The summed E-state index contributed by atoms with van der Waals surface area (Å²) in [7, 11) is 0. The highest BCUT2D eigenvalue weighted by molar-refractivity contribution is 6.30. The molecule has 2 rings (SSSR count). The first-order valence-electron chi connectivity index (χ1n) is 5.25. The molecule has 0 saturated carbocycles. The normalized spacial score (nSPS) is 15.9. The third-order valence-corrected chi connectivity index (χ3v) is 3.01. The van der Waals surface area contributed by atoms with Crippen LogP contribution in [0.25, 0.3) is 5.57 Å². The van der Waals surface area contributed by atoms with Crippen LogP contribution in [0.3, 0.4) is 0 Å². The van der Waals surface area contributed by atoms with Crippen LogP contribution in [0, 0.1) is 0 Å². The summed E-state index contributed by atoms with van der Waals surface area (Å²) in [6.07, 6.45) is 7.75. The van der Waals surface area contributed by atoms with Crippen LogP contribution in [-0.2, 0) is 0 Å². The van der Waals surface area contributed by atoms with Crippen LogP contribution >= 0.6 is 11.6 Å². The zero-order valence-electron chi connectivity index (χ0n) is 8.50. The van der Waals surface area contributed by atoms with Gasteiger partial charge in [0.15, 0.2) is 6.29 Å². The van der Waals surface area contributed by atoms with Crippen molar-refractivity contribution in [3.8, 4) is 0 Å². The van der Waals surface area contributed by atoms with Crippen molar-refractivity contribution < 1.29 is 4.79 Å². The molecule has 2 heteroatoms. The average Bonchev–Trinajstić information content (AvgIpc) is 2.30. The highest BCUT2D eigenvalue weighted by Crippen LogP contribution is 2.30. The van der Waals surface area contributed by atoms with Crippen molar-refractivity contribution in [1.82, 2.24) is 0 Å². The Kier molecular flexibility index (Phi) is 3.22. The van der Waals surface area contributed by atoms with Gasteiger partial charge in [-0.05, 0) is 55.0 Å². The predicted octanol–water partition coefficient (Wildman–Crippen LogP) is 4.11. The van der Waals surface area contributed by atoms with E-state index in [1.165, 1.54) is 18.4 Å². The number of allylic oxidation sites excluding steroid dienone is 2. The number of hydrogen-bond donors (Lipinski definition) is 0. The minimum Gasteiger partial charge on any atom is -0.298 e. The maximum absolute atomic E-state index is 10.9. The first kappa shape index (κ1) is 10.4. The summed E-state index contributed by atoms with van der Waals surface area (Å²) in [6, 6.07) is 5.45. The van der Waals surface area contributed by atoms with E-state index in [0.717, 1.165) is 30.3 Å². The molecule has 0 spiro atoms. The van der Waals surface area contributed by atoms with Gasteiger partial charge in [-0.1, -0.05) is 17.7 Å². The summed E-state index contributed by atoms with van der Waals surface area (Å²) < 4.78 is 0. The highest BCUT2D eigenvalue weighted by Gasteiger charge is 2.10. The molecule has 0 saturated heterocycles. The van der Waals surface area contributed by atoms with Crippen LogP contribution in [0.1, 0.15) is 41.6 Å². The molecule has 15 heavy (non-hydrogen) atoms. The van der Waals surface area contributed by atoms with Gasteiger partial charge >= 0.3 is 0 Å². The largest absolute Gasteiger partial charge is 0.298 e. The molecular formula is C13H13ClO. The molecule has 0 atom stereocenters. The molecule has 0 N–H and O–H groups in total. The Balaban J connectivity index is 2.44. The first-order chi connectivity index (χ1) is 7.31. The molecule has 1 aromatic carbocycles. The van der Waals surface area contributed by atoms with E-state index in [9.17, 15) is 4.79 Å². The third-order valence-electron chi connectivity index (χ3n) is 2.78. The lowest BCUT2D eigenvalue weighted by Crippen LogP contribution is -1.96. The van der Waals surface area contributed by atoms with Gasteiger partial charge in [0.25, 0.3) is 0 Å². The summed E-state index contributed by atoms with van der Waals surface area (Å²) in [5.74, 6) is 0. The lowest BCUT2D eigenvalue weighted by Gasteiger charge is -2.14. The minimum atomic E-state index is 0.696. The molecule has 0 bridgehead atoms. The van der Waals surface area contributed by atoms with Gasteiger partial charge in [0, 0.05) is 10.6 Å². The number of carbonyl (C=O) groups excluding carboxylic acids is 1. The number of hydrogen-bond acceptors (Lipinski definition) is 1. The lowest BCUT2D eigenvalue weighted by molar-refractivity contribution is 0.112. The van der Waals surface area contributed by atoms with Crippen LogP contribution < -0.4 is 0 Å². The van der Waals surface area contributed by atoms with E-state index in [4.69, 9.17) is 11.6 Å². The van der Waals surface area contributed by atoms with Gasteiger partial charge in [-0.15, -0.1) is 0 Å². The number of aldehydes is 1. The Morgan fingerprint density at radius 1 is 1.27 bits per heavy atom. The van der Waals surface area contributed by atoms with E-state index >= 15 is 0 Å². The number of benzene rings is 1. The maximum atomic E-state index is 10.9. The fourth-order valence-electron chi connectivity index (χ4n) is 1.99. The molecule has 1 aliphatic rings. The second-order valence-electron chi connectivity index (χ2n) is 3.82. The van der Waals surface area contributed by atoms with Gasteiger partial charge < -0.3 is 0 Å². The van der Waals surface area contributed by atoms with Gasteiger partial charge in [-0.2, -0.15) is 0 Å². The summed E-state index contributed by atoms with van der Waals surface area (Å²) in [5.41, 5.74) is 3.02. The van der Waals surface area contributed by atoms with Crippen molar-refractivity contribution in [2.45, 2.75) is 25.7 Å². The van der Waals surface area contributed by atoms with Gasteiger partial charge in [-0.3, -0.25) is 4.79 Å². The second kappa shape index (κ2) is 4.63. The van der Waals surface area contributed by atoms with E-state index in [1.807, 2.05) is 6.07 Å². The van der Waals surface area contributed by atoms with Crippen molar-refractivity contribution in [1.29, 1.82) is 0 Å². The molecule has 1 aromatic rings. The van der Waals surface area contributed by atoms with Gasteiger partial charge in [0.2, 0.25) is 0 Å². The zero-order chi connectivity index (χ0) is 10.7. The van der Waals surface area contributed by atoms with Crippen molar-refractivity contribution in [2.75, 3.05) is 0 Å². The first-order valence-corrected chi connectivity index (χ1v) is 5.63. The fourth-order valence-corrected chi connectivity index (χ4v) is 2.16. The predicted molar refractivity (Wildman–Crippen MR) is 63.3 cm³/mol. The van der Waals surface area contributed by atoms with E-state index in [0.29, 0.717) is 5.02 Å². The second-order valence-corrected chi connectivity index (χ2v) is 4.26. The van der Waals surface area contributed by atoms with Crippen LogP contribution in [-0.4, -0.2) is 6.29 Å². The van der Waals surface area contributed by atoms with Crippen molar-refractivity contribution in [2.24, 2.45) is 0 Å². The number of rotatable bonds is 2. The average molecular weight is 221 g/mol.